The van der Waals surface area contributed by atoms with Crippen LogP contribution in [0.4, 0.5) is 0 Å². The number of nitrogens with zero attached hydrogens (tertiary/aromatic N) is 2. The van der Waals surface area contributed by atoms with E-state index in [1.54, 1.807) is 0 Å². The third-order valence-electron chi connectivity index (χ3n) is 3.09. The molecule has 1 atom stereocenters. The molecule has 0 saturated heterocycles. The maximum atomic E-state index is 11.8. The van der Waals surface area contributed by atoms with Crippen LogP contribution in [-0.4, -0.2) is 19.7 Å². The molecule has 0 aliphatic rings. The van der Waals surface area contributed by atoms with E-state index < -0.39 is 11.2 Å². The van der Waals surface area contributed by atoms with Crippen LogP contribution in [0.1, 0.15) is 6.92 Å². The Morgan fingerprint density at radius 3 is 2.60 bits per heavy atom. The summed E-state index contributed by atoms with van der Waals surface area (Å²) in [7, 11) is 0. The molecule has 2 aromatic heterocycles. The van der Waals surface area contributed by atoms with Crippen molar-refractivity contribution in [1.29, 1.82) is 0 Å². The molecule has 3 aromatic rings. The largest absolute Gasteiger partial charge is 0.611 e. The number of rotatable bonds is 3. The number of hydrogen-bond donors (Lipinski definition) is 0. The second-order valence-electron chi connectivity index (χ2n) is 4.40. The van der Waals surface area contributed by atoms with E-state index in [4.69, 9.17) is 11.6 Å². The zero-order chi connectivity index (χ0) is 14.1. The molecule has 1 aromatic carbocycles. The molecule has 5 heteroatoms. The number of imidazole rings is 1. The molecule has 0 fully saturated rings. The molecule has 0 amide bonds. The predicted molar refractivity (Wildman–Crippen MR) is 82.6 cm³/mol. The van der Waals surface area contributed by atoms with Gasteiger partial charge in [0.05, 0.1) is 11.9 Å². The Balaban J connectivity index is 2.04. The summed E-state index contributed by atoms with van der Waals surface area (Å²) in [5, 5.41) is 0.707. The van der Waals surface area contributed by atoms with Crippen LogP contribution in [0.15, 0.2) is 53.7 Å². The number of pyridine rings is 1. The Morgan fingerprint density at radius 2 is 1.90 bits per heavy atom. The minimum absolute atomic E-state index is 0.615. The summed E-state index contributed by atoms with van der Waals surface area (Å²) in [5.41, 5.74) is 2.73. The number of aromatic nitrogens is 2. The molecule has 20 heavy (non-hydrogen) atoms. The van der Waals surface area contributed by atoms with Crippen molar-refractivity contribution in [1.82, 2.24) is 9.38 Å². The Bertz CT molecular complexity index is 739. The highest BCUT2D eigenvalue weighted by Crippen LogP contribution is 2.22. The molecule has 0 bridgehead atoms. The number of hydrogen-bond acceptors (Lipinski definition) is 2. The predicted octanol–water partition coefficient (Wildman–Crippen LogP) is 3.78. The zero-order valence-corrected chi connectivity index (χ0v) is 12.5. The van der Waals surface area contributed by atoms with Crippen molar-refractivity contribution in [3.05, 3.63) is 53.8 Å². The van der Waals surface area contributed by atoms with Gasteiger partial charge in [-0.2, -0.15) is 0 Å². The Kier molecular flexibility index (Phi) is 3.70. The van der Waals surface area contributed by atoms with E-state index in [2.05, 4.69) is 4.98 Å². The molecule has 0 aliphatic carbocycles. The molecular formula is C15H13ClN2OS. The van der Waals surface area contributed by atoms with Crippen molar-refractivity contribution in [2.45, 2.75) is 11.8 Å². The molecule has 0 spiro atoms. The maximum Gasteiger partial charge on any atom is 0.169 e. The van der Waals surface area contributed by atoms with Gasteiger partial charge in [-0.1, -0.05) is 23.7 Å². The van der Waals surface area contributed by atoms with Gasteiger partial charge in [0, 0.05) is 16.8 Å². The van der Waals surface area contributed by atoms with Crippen LogP contribution in [0, 0.1) is 0 Å². The van der Waals surface area contributed by atoms with Crippen LogP contribution in [0.25, 0.3) is 16.9 Å². The number of fused-ring (bicyclic) bond motifs is 1. The van der Waals surface area contributed by atoms with E-state index in [0.29, 0.717) is 10.8 Å². The Morgan fingerprint density at radius 1 is 1.15 bits per heavy atom. The molecular weight excluding hydrogens is 292 g/mol. The van der Waals surface area contributed by atoms with Gasteiger partial charge in [0.1, 0.15) is 11.4 Å². The van der Waals surface area contributed by atoms with Crippen LogP contribution >= 0.6 is 11.6 Å². The zero-order valence-electron chi connectivity index (χ0n) is 10.9. The summed E-state index contributed by atoms with van der Waals surface area (Å²) in [6.45, 7) is 1.91. The summed E-state index contributed by atoms with van der Waals surface area (Å²) in [4.78, 5) is 5.38. The lowest BCUT2D eigenvalue weighted by atomic mass is 10.2. The monoisotopic (exact) mass is 304 g/mol. The molecule has 3 nitrogen and oxygen atoms in total. The normalized spacial score (nSPS) is 12.8. The third kappa shape index (κ3) is 2.54. The van der Waals surface area contributed by atoms with Gasteiger partial charge < -0.3 is 8.95 Å². The first kappa shape index (κ1) is 13.5. The first-order chi connectivity index (χ1) is 9.67. The van der Waals surface area contributed by atoms with Crippen LogP contribution in [-0.2, 0) is 11.2 Å². The molecule has 0 radical (unpaired) electrons. The highest BCUT2D eigenvalue weighted by atomic mass is 35.5. The maximum absolute atomic E-state index is 11.8. The molecule has 0 aliphatic heterocycles. The van der Waals surface area contributed by atoms with Crippen molar-refractivity contribution in [2.75, 3.05) is 5.75 Å². The number of halogens is 1. The second kappa shape index (κ2) is 5.48. The SMILES string of the molecule is CC[S+]([O-])c1ccc2nc(-c3ccc(Cl)cc3)cn2c1. The van der Waals surface area contributed by atoms with Gasteiger partial charge in [-0.15, -0.1) is 0 Å². The average molecular weight is 305 g/mol. The highest BCUT2D eigenvalue weighted by molar-refractivity contribution is 7.91. The first-order valence-corrected chi connectivity index (χ1v) is 8.00. The Hall–Kier alpha value is -1.49. The van der Waals surface area contributed by atoms with Crippen LogP contribution < -0.4 is 0 Å². The lowest BCUT2D eigenvalue weighted by Gasteiger charge is -2.07. The standard InChI is InChI=1S/C15H13ClN2OS/c1-2-20(19)13-7-8-15-17-14(10-18(15)9-13)11-3-5-12(16)6-4-11/h3-10H,2H2,1H3. The van der Waals surface area contributed by atoms with E-state index in [0.717, 1.165) is 21.8 Å². The smallest absolute Gasteiger partial charge is 0.169 e. The molecule has 3 rings (SSSR count). The molecule has 0 N–H and O–H groups in total. The summed E-state index contributed by atoms with van der Waals surface area (Å²) in [5.74, 6) is 0.615. The van der Waals surface area contributed by atoms with E-state index in [1.807, 2.05) is 60.1 Å². The van der Waals surface area contributed by atoms with E-state index in [9.17, 15) is 4.55 Å². The average Bonchev–Trinajstić information content (AvgIpc) is 2.90. The summed E-state index contributed by atoms with van der Waals surface area (Å²) in [6, 6.07) is 11.3. The van der Waals surface area contributed by atoms with E-state index in [-0.39, 0.29) is 0 Å². The van der Waals surface area contributed by atoms with Gasteiger partial charge in [-0.05, 0) is 42.4 Å². The number of benzene rings is 1. The topological polar surface area (TPSA) is 40.4 Å². The fourth-order valence-electron chi connectivity index (χ4n) is 2.03. The van der Waals surface area contributed by atoms with Crippen LogP contribution in [0.3, 0.4) is 0 Å². The third-order valence-corrected chi connectivity index (χ3v) is 4.63. The summed E-state index contributed by atoms with van der Waals surface area (Å²) in [6.07, 6.45) is 3.82. The lowest BCUT2D eigenvalue weighted by molar-refractivity contribution is 0.595. The quantitative estimate of drug-likeness (QED) is 0.691. The van der Waals surface area contributed by atoms with Crippen molar-refractivity contribution < 1.29 is 4.55 Å². The lowest BCUT2D eigenvalue weighted by Crippen LogP contribution is -2.04. The van der Waals surface area contributed by atoms with Crippen LogP contribution in [0.2, 0.25) is 5.02 Å². The van der Waals surface area contributed by atoms with E-state index >= 15 is 0 Å². The molecule has 1 unspecified atom stereocenters. The summed E-state index contributed by atoms with van der Waals surface area (Å²) >= 11 is 4.94. The first-order valence-electron chi connectivity index (χ1n) is 6.30. The molecule has 2 heterocycles. The van der Waals surface area contributed by atoms with Gasteiger partial charge in [0.2, 0.25) is 0 Å². The highest BCUT2D eigenvalue weighted by Gasteiger charge is 2.10. The summed E-state index contributed by atoms with van der Waals surface area (Å²) < 4.78 is 13.7. The van der Waals surface area contributed by atoms with Gasteiger partial charge in [-0.3, -0.25) is 0 Å². The van der Waals surface area contributed by atoms with E-state index in [1.165, 1.54) is 0 Å². The molecule has 102 valence electrons. The van der Waals surface area contributed by atoms with Gasteiger partial charge in [0.15, 0.2) is 4.90 Å². The van der Waals surface area contributed by atoms with Crippen molar-refractivity contribution in [3.63, 3.8) is 0 Å². The van der Waals surface area contributed by atoms with Gasteiger partial charge >= 0.3 is 0 Å². The fraction of sp³-hybridized carbons (Fsp3) is 0.133. The molecule has 0 saturated carbocycles. The van der Waals surface area contributed by atoms with Crippen molar-refractivity contribution >= 4 is 28.4 Å². The second-order valence-corrected chi connectivity index (χ2v) is 6.57. The minimum atomic E-state index is -0.951. The van der Waals surface area contributed by atoms with Gasteiger partial charge in [0.25, 0.3) is 0 Å². The van der Waals surface area contributed by atoms with Gasteiger partial charge in [-0.25, -0.2) is 4.98 Å². The Labute approximate surface area is 125 Å². The van der Waals surface area contributed by atoms with Crippen molar-refractivity contribution in [2.24, 2.45) is 0 Å². The fourth-order valence-corrected chi connectivity index (χ4v) is 2.94. The van der Waals surface area contributed by atoms with Crippen LogP contribution in [0.5, 0.6) is 0 Å². The van der Waals surface area contributed by atoms with Crippen molar-refractivity contribution in [3.8, 4) is 11.3 Å². The minimum Gasteiger partial charge on any atom is -0.611 e.